The molecule has 24 heavy (non-hydrogen) atoms. The largest absolute Gasteiger partial charge is 0.385 e. The van der Waals surface area contributed by atoms with Gasteiger partial charge in [0.05, 0.1) is 4.92 Å². The number of aliphatic hydroxyl groups is 1. The van der Waals surface area contributed by atoms with Gasteiger partial charge in [-0.15, -0.1) is 0 Å². The molecular formula is C16H21N5O3. The normalized spacial score (nSPS) is 17.0. The lowest BCUT2D eigenvalue weighted by Gasteiger charge is -2.34. The summed E-state index contributed by atoms with van der Waals surface area (Å²) in [6.45, 7) is 3.17. The van der Waals surface area contributed by atoms with E-state index in [-0.39, 0.29) is 11.6 Å². The molecule has 1 aliphatic rings. The van der Waals surface area contributed by atoms with E-state index in [4.69, 9.17) is 0 Å². The first-order valence-corrected chi connectivity index (χ1v) is 7.99. The van der Waals surface area contributed by atoms with Gasteiger partial charge >= 0.3 is 0 Å². The van der Waals surface area contributed by atoms with Crippen molar-refractivity contribution in [2.24, 2.45) is 13.0 Å². The number of rotatable bonds is 4. The molecule has 1 aliphatic heterocycles. The van der Waals surface area contributed by atoms with Crippen molar-refractivity contribution in [3.8, 4) is 0 Å². The number of imidazole rings is 1. The maximum atomic E-state index is 10.9. The molecule has 1 unspecified atom stereocenters. The summed E-state index contributed by atoms with van der Waals surface area (Å²) in [6, 6.07) is 3.20. The Morgan fingerprint density at radius 1 is 1.38 bits per heavy atom. The summed E-state index contributed by atoms with van der Waals surface area (Å²) in [6.07, 6.45) is 4.60. The van der Waals surface area contributed by atoms with Gasteiger partial charge < -0.3 is 14.6 Å². The molecule has 1 atom stereocenters. The second kappa shape index (κ2) is 6.56. The fraction of sp³-hybridized carbons (Fsp3) is 0.500. The molecule has 1 saturated heterocycles. The fourth-order valence-electron chi connectivity index (χ4n) is 3.23. The van der Waals surface area contributed by atoms with Crippen molar-refractivity contribution in [3.05, 3.63) is 46.2 Å². The number of pyridine rings is 1. The molecule has 1 fully saturated rings. The molecule has 128 valence electrons. The highest BCUT2D eigenvalue weighted by atomic mass is 16.6. The van der Waals surface area contributed by atoms with Crippen LogP contribution in [0.5, 0.6) is 0 Å². The monoisotopic (exact) mass is 331 g/mol. The van der Waals surface area contributed by atoms with Crippen molar-refractivity contribution >= 4 is 11.5 Å². The predicted molar refractivity (Wildman–Crippen MR) is 88.7 cm³/mol. The van der Waals surface area contributed by atoms with E-state index in [9.17, 15) is 15.2 Å². The van der Waals surface area contributed by atoms with E-state index < -0.39 is 11.0 Å². The van der Waals surface area contributed by atoms with Gasteiger partial charge in [-0.05, 0) is 31.7 Å². The molecular weight excluding hydrogens is 310 g/mol. The number of aryl methyl sites for hydroxylation is 2. The Labute approximate surface area is 139 Å². The van der Waals surface area contributed by atoms with E-state index in [1.54, 1.807) is 19.2 Å². The van der Waals surface area contributed by atoms with Crippen LogP contribution in [-0.2, 0) is 7.05 Å². The summed E-state index contributed by atoms with van der Waals surface area (Å²) in [5.41, 5.74) is 0.464. The third-order valence-corrected chi connectivity index (χ3v) is 4.67. The van der Waals surface area contributed by atoms with Crippen LogP contribution in [0.3, 0.4) is 0 Å². The molecule has 0 saturated carbocycles. The lowest BCUT2D eigenvalue weighted by atomic mass is 9.90. The Balaban J connectivity index is 1.66. The minimum Gasteiger partial charge on any atom is -0.385 e. The lowest BCUT2D eigenvalue weighted by Crippen LogP contribution is -2.36. The minimum atomic E-state index is -0.571. The summed E-state index contributed by atoms with van der Waals surface area (Å²) in [7, 11) is 1.88. The van der Waals surface area contributed by atoms with Crippen LogP contribution in [0.1, 0.15) is 30.5 Å². The Bertz CT molecular complexity index is 737. The molecule has 8 heteroatoms. The van der Waals surface area contributed by atoms with Gasteiger partial charge in [0.25, 0.3) is 5.69 Å². The third kappa shape index (κ3) is 3.09. The smallest absolute Gasteiger partial charge is 0.290 e. The van der Waals surface area contributed by atoms with Gasteiger partial charge in [0.15, 0.2) is 0 Å². The molecule has 1 N–H and O–H groups in total. The quantitative estimate of drug-likeness (QED) is 0.679. The van der Waals surface area contributed by atoms with Gasteiger partial charge in [-0.25, -0.2) is 9.97 Å². The molecule has 2 aromatic heterocycles. The van der Waals surface area contributed by atoms with Gasteiger partial charge in [0.1, 0.15) is 23.4 Å². The lowest BCUT2D eigenvalue weighted by molar-refractivity contribution is -0.385. The van der Waals surface area contributed by atoms with Crippen LogP contribution in [0, 0.1) is 23.0 Å². The van der Waals surface area contributed by atoms with Gasteiger partial charge in [-0.2, -0.15) is 0 Å². The first-order valence-electron chi connectivity index (χ1n) is 7.99. The zero-order valence-corrected chi connectivity index (χ0v) is 13.8. The Kier molecular flexibility index (Phi) is 4.48. The molecule has 8 nitrogen and oxygen atoms in total. The van der Waals surface area contributed by atoms with Gasteiger partial charge in [0.2, 0.25) is 0 Å². The first-order chi connectivity index (χ1) is 11.5. The summed E-state index contributed by atoms with van der Waals surface area (Å²) in [5.74, 6) is 1.60. The van der Waals surface area contributed by atoms with Crippen molar-refractivity contribution in [1.29, 1.82) is 0 Å². The number of aromatic nitrogens is 3. The van der Waals surface area contributed by atoms with E-state index in [1.165, 1.54) is 6.07 Å². The zero-order chi connectivity index (χ0) is 17.3. The Hall–Kier alpha value is -2.48. The molecule has 0 radical (unpaired) electrons. The van der Waals surface area contributed by atoms with Crippen molar-refractivity contribution in [3.63, 3.8) is 0 Å². The van der Waals surface area contributed by atoms with Gasteiger partial charge in [-0.3, -0.25) is 10.1 Å². The third-order valence-electron chi connectivity index (χ3n) is 4.67. The highest BCUT2D eigenvalue weighted by molar-refractivity contribution is 5.47. The van der Waals surface area contributed by atoms with Crippen molar-refractivity contribution < 1.29 is 10.0 Å². The second-order valence-electron chi connectivity index (χ2n) is 6.20. The molecule has 0 bridgehead atoms. The maximum Gasteiger partial charge on any atom is 0.290 e. The second-order valence-corrected chi connectivity index (χ2v) is 6.20. The van der Waals surface area contributed by atoms with Crippen LogP contribution < -0.4 is 4.90 Å². The van der Waals surface area contributed by atoms with Crippen LogP contribution in [0.4, 0.5) is 11.5 Å². The molecule has 0 spiro atoms. The van der Waals surface area contributed by atoms with Crippen LogP contribution in [0.2, 0.25) is 0 Å². The van der Waals surface area contributed by atoms with Crippen LogP contribution in [0.15, 0.2) is 24.5 Å². The first kappa shape index (κ1) is 16.4. The van der Waals surface area contributed by atoms with E-state index in [1.807, 2.05) is 17.8 Å². The minimum absolute atomic E-state index is 0.0406. The zero-order valence-electron chi connectivity index (χ0n) is 13.8. The van der Waals surface area contributed by atoms with Crippen LogP contribution in [0.25, 0.3) is 0 Å². The highest BCUT2D eigenvalue weighted by Crippen LogP contribution is 2.31. The highest BCUT2D eigenvalue weighted by Gasteiger charge is 2.29. The van der Waals surface area contributed by atoms with E-state index in [2.05, 4.69) is 14.9 Å². The molecule has 0 amide bonds. The van der Waals surface area contributed by atoms with E-state index >= 15 is 0 Å². The maximum absolute atomic E-state index is 10.9. The number of anilines is 1. The summed E-state index contributed by atoms with van der Waals surface area (Å²) in [5, 5.41) is 21.4. The van der Waals surface area contributed by atoms with Gasteiger partial charge in [-0.1, -0.05) is 0 Å². The summed E-state index contributed by atoms with van der Waals surface area (Å²) in [4.78, 5) is 21.2. The number of nitrogens with zero attached hydrogens (tertiary/aromatic N) is 5. The number of piperidine rings is 1. The Morgan fingerprint density at radius 3 is 2.62 bits per heavy atom. The predicted octanol–water partition coefficient (Wildman–Crippen LogP) is 1.98. The molecule has 0 aliphatic carbocycles. The molecule has 0 aromatic carbocycles. The molecule has 2 aromatic rings. The molecule has 3 heterocycles. The number of hydrogen-bond acceptors (Lipinski definition) is 6. The van der Waals surface area contributed by atoms with E-state index in [0.717, 1.165) is 31.7 Å². The van der Waals surface area contributed by atoms with Gasteiger partial charge in [0, 0.05) is 38.6 Å². The van der Waals surface area contributed by atoms with Crippen molar-refractivity contribution in [2.75, 3.05) is 18.0 Å². The van der Waals surface area contributed by atoms with E-state index in [0.29, 0.717) is 11.5 Å². The van der Waals surface area contributed by atoms with Crippen LogP contribution in [-0.4, -0.2) is 37.7 Å². The standard InChI is InChI=1S/C16H21N5O3/c1-11-13(21(23)24)3-4-14(18-11)20-8-5-12(6-9-20)15(22)16-17-7-10-19(16)2/h3-4,7,10,12,15,22H,5-6,8-9H2,1-2H3. The number of hydrogen-bond donors (Lipinski definition) is 1. The summed E-state index contributed by atoms with van der Waals surface area (Å²) < 4.78 is 1.85. The summed E-state index contributed by atoms with van der Waals surface area (Å²) >= 11 is 0. The average molecular weight is 331 g/mol. The Morgan fingerprint density at radius 2 is 2.08 bits per heavy atom. The average Bonchev–Trinajstić information content (AvgIpc) is 3.00. The molecule has 3 rings (SSSR count). The van der Waals surface area contributed by atoms with Crippen LogP contribution >= 0.6 is 0 Å². The number of nitro groups is 1. The topological polar surface area (TPSA) is 97.3 Å². The SMILES string of the molecule is Cc1nc(N2CCC(C(O)c3nccn3C)CC2)ccc1[N+](=O)[O-]. The van der Waals surface area contributed by atoms with Crippen molar-refractivity contribution in [1.82, 2.24) is 14.5 Å². The fourth-order valence-corrected chi connectivity index (χ4v) is 3.23. The number of aliphatic hydroxyl groups excluding tert-OH is 1. The van der Waals surface area contributed by atoms with Crippen molar-refractivity contribution in [2.45, 2.75) is 25.9 Å².